The molecule has 1 atom stereocenters. The number of aromatic amines is 2. The molecule has 3 aliphatic rings. The number of nitrogens with one attached hydrogen (secondary N) is 3. The third kappa shape index (κ3) is 3.88. The second-order valence-electron chi connectivity index (χ2n) is 11.2. The van der Waals surface area contributed by atoms with Crippen LogP contribution in [0.2, 0.25) is 0 Å². The summed E-state index contributed by atoms with van der Waals surface area (Å²) >= 11 is 0. The highest BCUT2D eigenvalue weighted by molar-refractivity contribution is 6.08. The third-order valence-electron chi connectivity index (χ3n) is 8.19. The Morgan fingerprint density at radius 3 is 2.76 bits per heavy atom. The van der Waals surface area contributed by atoms with Crippen molar-refractivity contribution in [2.75, 3.05) is 32.0 Å². The van der Waals surface area contributed by atoms with Crippen molar-refractivity contribution in [1.82, 2.24) is 30.4 Å². The van der Waals surface area contributed by atoms with E-state index in [0.717, 1.165) is 35.7 Å². The number of carbonyl (C=O) groups excluding carboxylic acids is 3. The smallest absolute Gasteiger partial charge is 0.291 e. The van der Waals surface area contributed by atoms with E-state index in [-0.39, 0.29) is 46.2 Å². The number of likely N-dealkylation sites (tertiary alicyclic amines) is 1. The molecule has 11 nitrogen and oxygen atoms in total. The van der Waals surface area contributed by atoms with Gasteiger partial charge < -0.3 is 25.7 Å². The van der Waals surface area contributed by atoms with Crippen molar-refractivity contribution in [2.45, 2.75) is 51.0 Å². The molecule has 0 saturated carbocycles. The number of aromatic nitrogens is 4. The molecule has 194 valence electrons. The van der Waals surface area contributed by atoms with Gasteiger partial charge in [0, 0.05) is 54.2 Å². The highest BCUT2D eigenvalue weighted by Crippen LogP contribution is 2.52. The van der Waals surface area contributed by atoms with Crippen LogP contribution in [0.1, 0.15) is 76.6 Å². The van der Waals surface area contributed by atoms with Crippen molar-refractivity contribution in [3.63, 3.8) is 0 Å². The summed E-state index contributed by atoms with van der Waals surface area (Å²) in [4.78, 5) is 48.4. The van der Waals surface area contributed by atoms with Crippen LogP contribution in [0, 0.1) is 5.41 Å². The van der Waals surface area contributed by atoms with Gasteiger partial charge in [0.25, 0.3) is 11.8 Å². The first kappa shape index (κ1) is 23.7. The van der Waals surface area contributed by atoms with Crippen LogP contribution in [-0.4, -0.2) is 75.0 Å². The molecule has 2 aliphatic heterocycles. The normalized spacial score (nSPS) is 22.4. The predicted octanol–water partition coefficient (Wildman–Crippen LogP) is 2.17. The Morgan fingerprint density at radius 2 is 2.03 bits per heavy atom. The molecule has 2 saturated heterocycles. The zero-order valence-corrected chi connectivity index (χ0v) is 21.0. The van der Waals surface area contributed by atoms with Gasteiger partial charge in [-0.3, -0.25) is 19.5 Å². The molecule has 37 heavy (non-hydrogen) atoms. The van der Waals surface area contributed by atoms with Crippen LogP contribution in [0.15, 0.2) is 18.2 Å². The van der Waals surface area contributed by atoms with Gasteiger partial charge in [-0.1, -0.05) is 13.8 Å². The predicted molar refractivity (Wildman–Crippen MR) is 135 cm³/mol. The number of hydrogen-bond acceptors (Lipinski definition) is 7. The summed E-state index contributed by atoms with van der Waals surface area (Å²) in [5.41, 5.74) is 7.92. The summed E-state index contributed by atoms with van der Waals surface area (Å²) in [6, 6.07) is 5.35. The van der Waals surface area contributed by atoms with Gasteiger partial charge in [0.1, 0.15) is 0 Å². The number of carbonyl (C=O) groups is 3. The minimum absolute atomic E-state index is 0.0162. The molecule has 6 rings (SSSR count). The number of anilines is 1. The summed E-state index contributed by atoms with van der Waals surface area (Å²) < 4.78 is 5.56. The molecule has 11 heteroatoms. The standard InChI is InChI=1S/C26H31N7O4/c1-25(2)13-26(6-9-37-10-7-26)20(34)19-18(25)16-11-14(3-4-17(16)29-19)22(35)28-15-5-8-33(12-15)23(36)21-30-24(27)32-31-21/h3-4,11,15,29H,5-10,12-13H2,1-2H3,(H,28,35)(H3,27,30,31,32). The van der Waals surface area contributed by atoms with E-state index in [9.17, 15) is 14.4 Å². The molecule has 0 radical (unpaired) electrons. The van der Waals surface area contributed by atoms with Crippen LogP contribution in [0.4, 0.5) is 5.95 Å². The van der Waals surface area contributed by atoms with Gasteiger partial charge in [0.05, 0.1) is 5.69 Å². The number of ketones is 1. The van der Waals surface area contributed by atoms with Crippen molar-refractivity contribution in [1.29, 1.82) is 0 Å². The van der Waals surface area contributed by atoms with Crippen LogP contribution in [-0.2, 0) is 10.2 Å². The number of hydrogen-bond donors (Lipinski definition) is 4. The molecule has 2 aromatic heterocycles. The van der Waals surface area contributed by atoms with Crippen LogP contribution in [0.3, 0.4) is 0 Å². The van der Waals surface area contributed by atoms with Crippen molar-refractivity contribution in [3.8, 4) is 0 Å². The maximum atomic E-state index is 13.7. The zero-order valence-electron chi connectivity index (χ0n) is 21.0. The number of nitrogens with two attached hydrogens (primary N) is 1. The molecule has 1 aromatic carbocycles. The molecule has 1 spiro atoms. The van der Waals surface area contributed by atoms with Crippen LogP contribution in [0.25, 0.3) is 10.9 Å². The number of rotatable bonds is 3. The fraction of sp³-hybridized carbons (Fsp3) is 0.500. The van der Waals surface area contributed by atoms with E-state index in [4.69, 9.17) is 10.5 Å². The Balaban J connectivity index is 1.22. The van der Waals surface area contributed by atoms with E-state index in [1.807, 2.05) is 12.1 Å². The van der Waals surface area contributed by atoms with E-state index >= 15 is 0 Å². The molecule has 2 amide bonds. The maximum Gasteiger partial charge on any atom is 0.291 e. The number of nitrogen functional groups attached to an aromatic ring is 1. The topological polar surface area (TPSA) is 159 Å². The minimum Gasteiger partial charge on any atom is -0.381 e. The van der Waals surface area contributed by atoms with Crippen LogP contribution in [0.5, 0.6) is 0 Å². The van der Waals surface area contributed by atoms with E-state index in [1.165, 1.54) is 0 Å². The molecular formula is C26H31N7O4. The number of H-pyrrole nitrogens is 2. The second kappa shape index (κ2) is 8.41. The third-order valence-corrected chi connectivity index (χ3v) is 8.19. The number of nitrogens with zero attached hydrogens (tertiary/aromatic N) is 3. The Kier molecular flexibility index (Phi) is 5.37. The molecule has 1 aliphatic carbocycles. The number of amides is 2. The highest BCUT2D eigenvalue weighted by atomic mass is 16.5. The number of benzene rings is 1. The van der Waals surface area contributed by atoms with Crippen molar-refractivity contribution >= 4 is 34.4 Å². The van der Waals surface area contributed by atoms with Crippen LogP contribution < -0.4 is 11.1 Å². The molecule has 4 heterocycles. The first-order chi connectivity index (χ1) is 17.7. The molecule has 2 fully saturated rings. The Labute approximate surface area is 213 Å². The average Bonchev–Trinajstić information content (AvgIpc) is 3.60. The number of ether oxygens (including phenoxy) is 1. The van der Waals surface area contributed by atoms with E-state index in [0.29, 0.717) is 44.0 Å². The van der Waals surface area contributed by atoms with Crippen LogP contribution >= 0.6 is 0 Å². The van der Waals surface area contributed by atoms with Crippen molar-refractivity contribution in [3.05, 3.63) is 40.8 Å². The van der Waals surface area contributed by atoms with E-state index in [1.54, 1.807) is 11.0 Å². The summed E-state index contributed by atoms with van der Waals surface area (Å²) in [6.45, 7) is 6.46. The lowest BCUT2D eigenvalue weighted by Crippen LogP contribution is -2.46. The summed E-state index contributed by atoms with van der Waals surface area (Å²) in [7, 11) is 0. The Morgan fingerprint density at radius 1 is 1.24 bits per heavy atom. The lowest BCUT2D eigenvalue weighted by molar-refractivity contribution is 0.00286. The largest absolute Gasteiger partial charge is 0.381 e. The van der Waals surface area contributed by atoms with Gasteiger partial charge >= 0.3 is 0 Å². The van der Waals surface area contributed by atoms with Gasteiger partial charge in [-0.05, 0) is 54.9 Å². The lowest BCUT2D eigenvalue weighted by atomic mass is 9.59. The second-order valence-corrected chi connectivity index (χ2v) is 11.2. The quantitative estimate of drug-likeness (QED) is 0.424. The van der Waals surface area contributed by atoms with Crippen molar-refractivity contribution in [2.24, 2.45) is 5.41 Å². The number of fused-ring (bicyclic) bond motifs is 3. The number of Topliss-reactive ketones (excluding diaryl/α,β-unsaturated/α-hetero) is 1. The van der Waals surface area contributed by atoms with Gasteiger partial charge in [-0.25, -0.2) is 0 Å². The zero-order chi connectivity index (χ0) is 25.9. The first-order valence-corrected chi connectivity index (χ1v) is 12.7. The minimum atomic E-state index is -0.390. The summed E-state index contributed by atoms with van der Waals surface area (Å²) in [6.07, 6.45) is 2.88. The van der Waals surface area contributed by atoms with Crippen molar-refractivity contribution < 1.29 is 19.1 Å². The van der Waals surface area contributed by atoms with Gasteiger partial charge in [0.2, 0.25) is 11.8 Å². The summed E-state index contributed by atoms with van der Waals surface area (Å²) in [5.74, 6) is -0.234. The molecule has 1 unspecified atom stereocenters. The molecule has 5 N–H and O–H groups in total. The Bertz CT molecular complexity index is 1420. The van der Waals surface area contributed by atoms with Gasteiger partial charge in [-0.15, -0.1) is 5.10 Å². The first-order valence-electron chi connectivity index (χ1n) is 12.7. The fourth-order valence-electron chi connectivity index (χ4n) is 6.50. The summed E-state index contributed by atoms with van der Waals surface area (Å²) in [5, 5.41) is 10.2. The highest BCUT2D eigenvalue weighted by Gasteiger charge is 2.51. The maximum absolute atomic E-state index is 13.7. The lowest BCUT2D eigenvalue weighted by Gasteiger charge is -2.45. The van der Waals surface area contributed by atoms with Gasteiger partial charge in [0.15, 0.2) is 5.78 Å². The monoisotopic (exact) mass is 505 g/mol. The fourth-order valence-corrected chi connectivity index (χ4v) is 6.50. The molecular weight excluding hydrogens is 474 g/mol. The van der Waals surface area contributed by atoms with E-state index < -0.39 is 0 Å². The van der Waals surface area contributed by atoms with Gasteiger partial charge in [-0.2, -0.15) is 4.98 Å². The Hall–Kier alpha value is -3.73. The molecule has 0 bridgehead atoms. The van der Waals surface area contributed by atoms with E-state index in [2.05, 4.69) is 39.3 Å². The SMILES string of the molecule is CC1(C)CC2(CCOCC2)C(=O)c2[nH]c3ccc(C(=O)NC4CCN(C(=O)c5nc(N)n[nH]5)C4)cc3c21. The molecule has 3 aromatic rings. The average molecular weight is 506 g/mol.